The Labute approximate surface area is 447 Å². The molecule has 0 aromatic heterocycles. The molecule has 1 nitrogen and oxygen atoms in total. The van der Waals surface area contributed by atoms with Gasteiger partial charge in [0.2, 0.25) is 0 Å². The molecule has 0 aliphatic heterocycles. The van der Waals surface area contributed by atoms with E-state index in [-0.39, 0.29) is 11.2 Å². The van der Waals surface area contributed by atoms with Crippen LogP contribution in [0.1, 0.15) is 344 Å². The van der Waals surface area contributed by atoms with Crippen molar-refractivity contribution in [3.05, 3.63) is 47.0 Å². The number of carbonyl (C=O) groups excluding carboxylic acids is 1. The van der Waals surface area contributed by atoms with Crippen LogP contribution in [0.25, 0.3) is 0 Å². The van der Waals surface area contributed by atoms with Gasteiger partial charge in [-0.15, -0.1) is 0 Å². The Morgan fingerprint density at radius 1 is 0.614 bits per heavy atom. The van der Waals surface area contributed by atoms with Crippen LogP contribution in [0.5, 0.6) is 0 Å². The highest BCUT2D eigenvalue weighted by Gasteiger charge is 2.52. The fourth-order valence-electron chi connectivity index (χ4n) is 8.22. The lowest BCUT2D eigenvalue weighted by Crippen LogP contribution is -2.48. The lowest BCUT2D eigenvalue weighted by molar-refractivity contribution is -0.115. The van der Waals surface area contributed by atoms with Crippen molar-refractivity contribution in [3.63, 3.8) is 0 Å². The molecule has 0 N–H and O–H groups in total. The van der Waals surface area contributed by atoms with E-state index in [4.69, 9.17) is 0 Å². The van der Waals surface area contributed by atoms with Crippen molar-refractivity contribution in [2.75, 3.05) is 0 Å². The molecule has 0 bridgehead atoms. The summed E-state index contributed by atoms with van der Waals surface area (Å²) in [5.74, 6) is 6.16. The van der Waals surface area contributed by atoms with Crippen LogP contribution in [0, 0.1) is 53.3 Å². The maximum absolute atomic E-state index is 9.44. The van der Waals surface area contributed by atoms with Crippen LogP contribution < -0.4 is 0 Å². The van der Waals surface area contributed by atoms with Crippen molar-refractivity contribution in [2.24, 2.45) is 46.3 Å². The zero-order chi connectivity index (χ0) is 55.2. The zero-order valence-electron chi connectivity index (χ0n) is 53.6. The maximum atomic E-state index is 9.44. The summed E-state index contributed by atoms with van der Waals surface area (Å²) in [4.78, 5) is 9.44. The Bertz CT molecular complexity index is 1200. The average Bonchev–Trinajstić information content (AvgIpc) is 3.29. The predicted octanol–water partition coefficient (Wildman–Crippen LogP) is 25.0. The number of benzene rings is 1. The molecule has 1 heteroatoms. The van der Waals surface area contributed by atoms with E-state index in [1.165, 1.54) is 186 Å². The molecule has 420 valence electrons. The van der Waals surface area contributed by atoms with Gasteiger partial charge in [0.1, 0.15) is 5.78 Å². The largest absolute Gasteiger partial charge is 0.300 e. The summed E-state index contributed by atoms with van der Waals surface area (Å²) in [6.07, 6.45) is 38.7. The molecular weight excluding hydrogens is 845 g/mol. The van der Waals surface area contributed by atoms with E-state index in [0.29, 0.717) is 10.8 Å². The van der Waals surface area contributed by atoms with Gasteiger partial charge in [0.25, 0.3) is 0 Å². The second-order valence-electron chi connectivity index (χ2n) is 24.2. The summed E-state index contributed by atoms with van der Waals surface area (Å²) in [5, 5.41) is 0. The third-order valence-corrected chi connectivity index (χ3v) is 15.9. The standard InChI is InChI=1S/C25H40.2C6H12.2C6H14.C5H10.C4H8.C3H6O.2C3H8.C2H6/c1-9-19(3)14-15-25(22-13-11-12-20(4)16-22)18-24(7,8)23(5,6)17-21(25)10-2;2*1-5-3-4-6(5)2;2*1-3-5-6-4-2;1-5-3-2-4-5;1-2-4-3-1;1-3(2)4;2*1-3-2;1-2/h10-13,16,19H,9,14-15,17-18H2,1-8H3;2*5-6H,3-4H2,1-2H3;2*3-6H2,1-2H3;5H,2-4H2,1H3;1-4H2;1-2H3;2*3H2,1-2H3;1-2H3/b21-10-;;;;;;;;;;. The lowest BCUT2D eigenvalue weighted by atomic mass is 9.48. The quantitative estimate of drug-likeness (QED) is 0.160. The Kier molecular flexibility index (Phi) is 55.2. The molecule has 70 heavy (non-hydrogen) atoms. The summed E-state index contributed by atoms with van der Waals surface area (Å²) < 4.78 is 0. The summed E-state index contributed by atoms with van der Waals surface area (Å²) in [5.41, 5.74) is 5.50. The van der Waals surface area contributed by atoms with Crippen molar-refractivity contribution in [3.8, 4) is 0 Å². The first kappa shape index (κ1) is 77.5. The van der Waals surface area contributed by atoms with Gasteiger partial charge in [-0.3, -0.25) is 0 Å². The molecule has 0 radical (unpaired) electrons. The summed E-state index contributed by atoms with van der Waals surface area (Å²) in [7, 11) is 0. The molecule has 0 saturated heterocycles. The van der Waals surface area contributed by atoms with Gasteiger partial charge in [-0.25, -0.2) is 0 Å². The molecule has 1 aromatic carbocycles. The maximum Gasteiger partial charge on any atom is 0.126 e. The van der Waals surface area contributed by atoms with Crippen LogP contribution in [-0.2, 0) is 10.2 Å². The number of hydrogen-bond donors (Lipinski definition) is 0. The molecule has 0 heterocycles. The van der Waals surface area contributed by atoms with Crippen molar-refractivity contribution in [2.45, 2.75) is 345 Å². The average molecular weight is 984 g/mol. The fraction of sp³-hybridized carbons (Fsp3) is 0.870. The van der Waals surface area contributed by atoms with Gasteiger partial charge in [0.05, 0.1) is 0 Å². The van der Waals surface area contributed by atoms with Gasteiger partial charge < -0.3 is 4.79 Å². The van der Waals surface area contributed by atoms with Crippen LogP contribution in [-0.4, -0.2) is 5.78 Å². The van der Waals surface area contributed by atoms with Crippen LogP contribution >= 0.6 is 0 Å². The molecule has 1 aromatic rings. The van der Waals surface area contributed by atoms with Crippen LogP contribution in [0.4, 0.5) is 0 Å². The number of aryl methyl sites for hydroxylation is 1. The highest BCUT2D eigenvalue weighted by atomic mass is 16.1. The number of Topliss-reactive ketones (excluding diaryl/α,β-unsaturated/α-hetero) is 1. The highest BCUT2D eigenvalue weighted by Crippen LogP contribution is 2.60. The minimum absolute atomic E-state index is 0.167. The molecule has 5 aliphatic carbocycles. The fourth-order valence-corrected chi connectivity index (χ4v) is 8.22. The minimum Gasteiger partial charge on any atom is -0.300 e. The van der Waals surface area contributed by atoms with Gasteiger partial charge in [0.15, 0.2) is 0 Å². The predicted molar refractivity (Wildman–Crippen MR) is 328 cm³/mol. The monoisotopic (exact) mass is 983 g/mol. The first-order chi connectivity index (χ1) is 33.0. The molecule has 6 atom stereocenters. The van der Waals surface area contributed by atoms with Gasteiger partial charge in [0, 0.05) is 5.41 Å². The minimum atomic E-state index is 0.167. The first-order valence-electron chi connectivity index (χ1n) is 31.2. The van der Waals surface area contributed by atoms with Crippen molar-refractivity contribution < 1.29 is 4.79 Å². The molecule has 6 unspecified atom stereocenters. The Hall–Kier alpha value is -1.37. The van der Waals surface area contributed by atoms with E-state index >= 15 is 0 Å². The SMILES string of the molecule is C/C=C1/CC(C)(C)C(C)(C)CC1(CCC(C)CC)c1cccc(C)c1.C1CCC1.CC.CC(C)=O.CC1CCC1.CC1CCC1C.CC1CCC1C.CCC.CCC.CCCCCC.CCCCCC. The number of ketones is 1. The number of rotatable bonds is 11. The summed E-state index contributed by atoms with van der Waals surface area (Å²) in [6, 6.07) is 9.34. The van der Waals surface area contributed by atoms with E-state index in [0.717, 1.165) is 35.5 Å². The molecular formula is C69H138O. The Balaban J connectivity index is -0.000000255. The Morgan fingerprint density at radius 3 is 1.17 bits per heavy atom. The van der Waals surface area contributed by atoms with E-state index in [1.54, 1.807) is 11.1 Å². The molecule has 0 spiro atoms. The van der Waals surface area contributed by atoms with E-state index in [9.17, 15) is 4.79 Å². The van der Waals surface area contributed by atoms with Crippen LogP contribution in [0.15, 0.2) is 35.9 Å². The number of hydrogen-bond acceptors (Lipinski definition) is 1. The third kappa shape index (κ3) is 40.1. The second kappa shape index (κ2) is 49.8. The van der Waals surface area contributed by atoms with Crippen LogP contribution in [0.2, 0.25) is 0 Å². The van der Waals surface area contributed by atoms with E-state index in [2.05, 4.69) is 176 Å². The van der Waals surface area contributed by atoms with Crippen molar-refractivity contribution in [1.82, 2.24) is 0 Å². The summed E-state index contributed by atoms with van der Waals surface area (Å²) >= 11 is 0. The van der Waals surface area contributed by atoms with Gasteiger partial charge >= 0.3 is 0 Å². The smallest absolute Gasteiger partial charge is 0.126 e. The van der Waals surface area contributed by atoms with E-state index < -0.39 is 0 Å². The lowest BCUT2D eigenvalue weighted by Gasteiger charge is -2.56. The van der Waals surface area contributed by atoms with Crippen molar-refractivity contribution in [1.29, 1.82) is 0 Å². The number of unbranched alkanes of at least 4 members (excludes halogenated alkanes) is 6. The van der Waals surface area contributed by atoms with Crippen molar-refractivity contribution >= 4 is 5.78 Å². The second-order valence-corrected chi connectivity index (χ2v) is 24.2. The third-order valence-electron chi connectivity index (χ3n) is 15.9. The van der Waals surface area contributed by atoms with Gasteiger partial charge in [-0.05, 0) is 105 Å². The molecule has 0 amide bonds. The Morgan fingerprint density at radius 2 is 0.957 bits per heavy atom. The molecule has 5 aliphatic rings. The molecule has 5 saturated carbocycles. The number of carbonyl (C=O) groups is 1. The van der Waals surface area contributed by atoms with Gasteiger partial charge in [-0.2, -0.15) is 0 Å². The molecule has 6 rings (SSSR count). The first-order valence-corrected chi connectivity index (χ1v) is 31.2. The van der Waals surface area contributed by atoms with E-state index in [1.807, 2.05) is 13.8 Å². The normalized spacial score (nSPS) is 23.5. The van der Waals surface area contributed by atoms with Crippen LogP contribution in [0.3, 0.4) is 0 Å². The topological polar surface area (TPSA) is 17.1 Å². The highest BCUT2D eigenvalue weighted by molar-refractivity contribution is 5.72. The molecule has 5 fully saturated rings. The van der Waals surface area contributed by atoms with Gasteiger partial charge in [-0.1, -0.05) is 328 Å². The zero-order valence-corrected chi connectivity index (χ0v) is 53.6. The number of allylic oxidation sites excluding steroid dienone is 2. The summed E-state index contributed by atoms with van der Waals surface area (Å²) in [6.45, 7) is 55.3.